The number of hydrogen-bond donors (Lipinski definition) is 1. The van der Waals surface area contributed by atoms with E-state index in [-0.39, 0.29) is 17.5 Å². The minimum atomic E-state index is -3.48. The van der Waals surface area contributed by atoms with Crippen LogP contribution in [0.5, 0.6) is 0 Å². The summed E-state index contributed by atoms with van der Waals surface area (Å²) < 4.78 is 26.7. The zero-order chi connectivity index (χ0) is 13.2. The van der Waals surface area contributed by atoms with Gasteiger partial charge in [0.1, 0.15) is 0 Å². The average molecular weight is 269 g/mol. The molecule has 0 amide bonds. The van der Waals surface area contributed by atoms with Crippen molar-refractivity contribution in [2.75, 3.05) is 6.54 Å². The Morgan fingerprint density at radius 1 is 1.33 bits per heavy atom. The fourth-order valence-corrected chi connectivity index (χ4v) is 4.36. The summed E-state index contributed by atoms with van der Waals surface area (Å²) in [5.41, 5.74) is 0.468. The maximum absolute atomic E-state index is 12.6. The fraction of sp³-hybridized carbons (Fsp3) is 0.538. The number of aliphatic hydroxyl groups excluding tert-OH is 1. The molecule has 1 aromatic carbocycles. The number of aliphatic hydroxyl groups is 1. The van der Waals surface area contributed by atoms with E-state index < -0.39 is 10.0 Å². The van der Waals surface area contributed by atoms with Crippen LogP contribution in [0, 0.1) is 0 Å². The highest BCUT2D eigenvalue weighted by molar-refractivity contribution is 7.89. The van der Waals surface area contributed by atoms with E-state index in [1.54, 1.807) is 28.6 Å². The molecule has 0 spiro atoms. The van der Waals surface area contributed by atoms with E-state index in [2.05, 4.69) is 0 Å². The maximum Gasteiger partial charge on any atom is 0.243 e. The fourth-order valence-electron chi connectivity index (χ4n) is 2.44. The Kier molecular flexibility index (Phi) is 4.04. The first-order valence-corrected chi connectivity index (χ1v) is 7.72. The minimum absolute atomic E-state index is 0.0375. The van der Waals surface area contributed by atoms with E-state index in [0.29, 0.717) is 12.1 Å². The lowest BCUT2D eigenvalue weighted by molar-refractivity contribution is 0.264. The van der Waals surface area contributed by atoms with Gasteiger partial charge in [-0.1, -0.05) is 24.6 Å². The summed E-state index contributed by atoms with van der Waals surface area (Å²) in [5, 5.41) is 9.26. The lowest BCUT2D eigenvalue weighted by Gasteiger charge is -2.32. The van der Waals surface area contributed by atoms with Crippen LogP contribution in [0.25, 0.3) is 0 Å². The van der Waals surface area contributed by atoms with Gasteiger partial charge in [-0.2, -0.15) is 4.31 Å². The molecule has 1 N–H and O–H groups in total. The Balaban J connectivity index is 2.41. The predicted molar refractivity (Wildman–Crippen MR) is 69.6 cm³/mol. The number of nitrogens with zero attached hydrogens (tertiary/aromatic N) is 1. The maximum atomic E-state index is 12.6. The van der Waals surface area contributed by atoms with Crippen LogP contribution in [0.4, 0.5) is 0 Å². The van der Waals surface area contributed by atoms with Gasteiger partial charge in [-0.25, -0.2) is 8.42 Å². The Bertz CT molecular complexity index is 513. The molecule has 5 heteroatoms. The van der Waals surface area contributed by atoms with E-state index in [0.717, 1.165) is 19.3 Å². The topological polar surface area (TPSA) is 57.6 Å². The Labute approximate surface area is 108 Å². The van der Waals surface area contributed by atoms with Gasteiger partial charge >= 0.3 is 0 Å². The van der Waals surface area contributed by atoms with Crippen LogP contribution in [-0.2, 0) is 16.6 Å². The van der Waals surface area contributed by atoms with Gasteiger partial charge in [0.25, 0.3) is 0 Å². The SMILES string of the molecule is CC1CCCCN1S(=O)(=O)c1ccccc1CO. The molecule has 1 unspecified atom stereocenters. The quantitative estimate of drug-likeness (QED) is 0.909. The van der Waals surface area contributed by atoms with Crippen molar-refractivity contribution < 1.29 is 13.5 Å². The normalized spacial score (nSPS) is 22.0. The highest BCUT2D eigenvalue weighted by atomic mass is 32.2. The lowest BCUT2D eigenvalue weighted by atomic mass is 10.1. The van der Waals surface area contributed by atoms with E-state index in [4.69, 9.17) is 0 Å². The van der Waals surface area contributed by atoms with Crippen LogP contribution in [0.3, 0.4) is 0 Å². The first-order valence-electron chi connectivity index (χ1n) is 6.28. The third-order valence-electron chi connectivity index (χ3n) is 3.47. The third kappa shape index (κ3) is 2.43. The molecular formula is C13H19NO3S. The van der Waals surface area contributed by atoms with Crippen molar-refractivity contribution >= 4 is 10.0 Å². The van der Waals surface area contributed by atoms with Crippen LogP contribution < -0.4 is 0 Å². The van der Waals surface area contributed by atoms with Gasteiger partial charge in [-0.15, -0.1) is 0 Å². The number of piperidine rings is 1. The van der Waals surface area contributed by atoms with Crippen molar-refractivity contribution in [1.82, 2.24) is 4.31 Å². The lowest BCUT2D eigenvalue weighted by Crippen LogP contribution is -2.42. The Hall–Kier alpha value is -0.910. The molecule has 1 aliphatic heterocycles. The highest BCUT2D eigenvalue weighted by Gasteiger charge is 2.32. The molecular weight excluding hydrogens is 250 g/mol. The second kappa shape index (κ2) is 5.38. The van der Waals surface area contributed by atoms with Crippen LogP contribution in [0.15, 0.2) is 29.2 Å². The standard InChI is InChI=1S/C13H19NO3S/c1-11-6-4-5-9-14(11)18(16,17)13-8-3-2-7-12(13)10-15/h2-3,7-8,11,15H,4-6,9-10H2,1H3. The Morgan fingerprint density at radius 2 is 2.06 bits per heavy atom. The van der Waals surface area contributed by atoms with Gasteiger partial charge < -0.3 is 5.11 Å². The van der Waals surface area contributed by atoms with Crippen molar-refractivity contribution in [3.8, 4) is 0 Å². The zero-order valence-corrected chi connectivity index (χ0v) is 11.4. The number of rotatable bonds is 3. The van der Waals surface area contributed by atoms with Gasteiger partial charge in [0.15, 0.2) is 0 Å². The molecule has 0 aromatic heterocycles. The van der Waals surface area contributed by atoms with Crippen molar-refractivity contribution in [2.45, 2.75) is 43.7 Å². The predicted octanol–water partition coefficient (Wildman–Crippen LogP) is 1.74. The molecule has 18 heavy (non-hydrogen) atoms. The number of hydrogen-bond acceptors (Lipinski definition) is 3. The summed E-state index contributed by atoms with van der Waals surface area (Å²) >= 11 is 0. The summed E-state index contributed by atoms with van der Waals surface area (Å²) in [6.45, 7) is 2.26. The molecule has 2 rings (SSSR count). The molecule has 100 valence electrons. The van der Waals surface area contributed by atoms with Gasteiger partial charge in [-0.3, -0.25) is 0 Å². The molecule has 0 radical (unpaired) electrons. The monoisotopic (exact) mass is 269 g/mol. The van der Waals surface area contributed by atoms with Crippen molar-refractivity contribution in [2.24, 2.45) is 0 Å². The molecule has 0 bridgehead atoms. The summed E-state index contributed by atoms with van der Waals surface area (Å²) in [4.78, 5) is 0.237. The molecule has 0 aliphatic carbocycles. The van der Waals surface area contributed by atoms with Crippen LogP contribution >= 0.6 is 0 Å². The molecule has 1 aromatic rings. The smallest absolute Gasteiger partial charge is 0.243 e. The van der Waals surface area contributed by atoms with E-state index in [9.17, 15) is 13.5 Å². The highest BCUT2D eigenvalue weighted by Crippen LogP contribution is 2.26. The van der Waals surface area contributed by atoms with Crippen LogP contribution in [0.1, 0.15) is 31.7 Å². The molecule has 0 saturated carbocycles. The molecule has 1 saturated heterocycles. The summed E-state index contributed by atoms with van der Waals surface area (Å²) in [6, 6.07) is 6.70. The first-order chi connectivity index (χ1) is 8.57. The molecule has 1 heterocycles. The van der Waals surface area contributed by atoms with Gasteiger partial charge in [0.05, 0.1) is 11.5 Å². The minimum Gasteiger partial charge on any atom is -0.392 e. The van der Waals surface area contributed by atoms with Gasteiger partial charge in [0.2, 0.25) is 10.0 Å². The van der Waals surface area contributed by atoms with Crippen molar-refractivity contribution in [3.05, 3.63) is 29.8 Å². The first kappa shape index (κ1) is 13.5. The molecule has 1 aliphatic rings. The molecule has 4 nitrogen and oxygen atoms in total. The van der Waals surface area contributed by atoms with Crippen molar-refractivity contribution in [1.29, 1.82) is 0 Å². The van der Waals surface area contributed by atoms with Crippen LogP contribution in [0.2, 0.25) is 0 Å². The van der Waals surface area contributed by atoms with Crippen LogP contribution in [-0.4, -0.2) is 30.4 Å². The largest absolute Gasteiger partial charge is 0.392 e. The third-order valence-corrected chi connectivity index (χ3v) is 5.59. The second-order valence-electron chi connectivity index (χ2n) is 4.73. The van der Waals surface area contributed by atoms with E-state index in [1.165, 1.54) is 0 Å². The molecule has 1 fully saturated rings. The van der Waals surface area contributed by atoms with E-state index >= 15 is 0 Å². The average Bonchev–Trinajstić information content (AvgIpc) is 2.39. The van der Waals surface area contributed by atoms with Gasteiger partial charge in [-0.05, 0) is 31.4 Å². The summed E-state index contributed by atoms with van der Waals surface area (Å²) in [7, 11) is -3.48. The zero-order valence-electron chi connectivity index (χ0n) is 10.5. The second-order valence-corrected chi connectivity index (χ2v) is 6.59. The van der Waals surface area contributed by atoms with E-state index in [1.807, 2.05) is 6.92 Å². The Morgan fingerprint density at radius 3 is 2.72 bits per heavy atom. The summed E-state index contributed by atoms with van der Waals surface area (Å²) in [5.74, 6) is 0. The van der Waals surface area contributed by atoms with Gasteiger partial charge in [0, 0.05) is 12.6 Å². The van der Waals surface area contributed by atoms with Crippen molar-refractivity contribution in [3.63, 3.8) is 0 Å². The number of benzene rings is 1. The molecule has 1 atom stereocenters. The summed E-state index contributed by atoms with van der Waals surface area (Å²) in [6.07, 6.45) is 2.89. The number of sulfonamides is 1.